The molecule has 3 heteroatoms. The third kappa shape index (κ3) is 2.71. The molecule has 18 heavy (non-hydrogen) atoms. The molecule has 1 aliphatic carbocycles. The SMILES string of the molecule is O=C(CC1CCCN1)N1CCC2CCCCC2C1. The molecule has 3 unspecified atom stereocenters. The predicted molar refractivity (Wildman–Crippen MR) is 72.3 cm³/mol. The van der Waals surface area contributed by atoms with Crippen molar-refractivity contribution in [3.05, 3.63) is 0 Å². The number of nitrogens with zero attached hydrogens (tertiary/aromatic N) is 1. The van der Waals surface area contributed by atoms with E-state index in [-0.39, 0.29) is 0 Å². The van der Waals surface area contributed by atoms with Crippen LogP contribution in [0, 0.1) is 11.8 Å². The predicted octanol–water partition coefficient (Wildman–Crippen LogP) is 2.17. The van der Waals surface area contributed by atoms with E-state index in [4.69, 9.17) is 0 Å². The molecule has 0 bridgehead atoms. The standard InChI is InChI=1S/C15H26N2O/c18-15(10-14-6-3-8-16-14)17-9-7-12-4-1-2-5-13(12)11-17/h12-14,16H,1-11H2. The minimum Gasteiger partial charge on any atom is -0.342 e. The van der Waals surface area contributed by atoms with Gasteiger partial charge in [-0.05, 0) is 44.1 Å². The molecule has 2 saturated heterocycles. The Labute approximate surface area is 110 Å². The van der Waals surface area contributed by atoms with Crippen LogP contribution in [0.2, 0.25) is 0 Å². The number of hydrogen-bond acceptors (Lipinski definition) is 2. The Morgan fingerprint density at radius 1 is 1.06 bits per heavy atom. The van der Waals surface area contributed by atoms with Crippen molar-refractivity contribution in [1.82, 2.24) is 10.2 Å². The van der Waals surface area contributed by atoms with Crippen molar-refractivity contribution in [3.63, 3.8) is 0 Å². The number of rotatable bonds is 2. The molecule has 2 heterocycles. The largest absolute Gasteiger partial charge is 0.342 e. The van der Waals surface area contributed by atoms with Crippen LogP contribution in [-0.4, -0.2) is 36.5 Å². The van der Waals surface area contributed by atoms with Crippen LogP contribution in [0.3, 0.4) is 0 Å². The van der Waals surface area contributed by atoms with Crippen LogP contribution < -0.4 is 5.32 Å². The molecule has 0 aromatic heterocycles. The van der Waals surface area contributed by atoms with Gasteiger partial charge in [0.15, 0.2) is 0 Å². The van der Waals surface area contributed by atoms with Crippen molar-refractivity contribution in [3.8, 4) is 0 Å². The second-order valence-corrected chi connectivity index (χ2v) is 6.43. The van der Waals surface area contributed by atoms with E-state index in [9.17, 15) is 4.79 Å². The van der Waals surface area contributed by atoms with E-state index in [1.165, 1.54) is 44.9 Å². The summed E-state index contributed by atoms with van der Waals surface area (Å²) in [5.41, 5.74) is 0. The van der Waals surface area contributed by atoms with Crippen molar-refractivity contribution in [2.75, 3.05) is 19.6 Å². The van der Waals surface area contributed by atoms with Crippen molar-refractivity contribution in [1.29, 1.82) is 0 Å². The zero-order valence-electron chi connectivity index (χ0n) is 11.4. The van der Waals surface area contributed by atoms with Gasteiger partial charge in [0.1, 0.15) is 0 Å². The molecule has 102 valence electrons. The third-order valence-corrected chi connectivity index (χ3v) is 5.23. The molecule has 3 atom stereocenters. The van der Waals surface area contributed by atoms with Gasteiger partial charge >= 0.3 is 0 Å². The average molecular weight is 250 g/mol. The highest BCUT2D eigenvalue weighted by atomic mass is 16.2. The highest BCUT2D eigenvalue weighted by Crippen LogP contribution is 2.36. The van der Waals surface area contributed by atoms with E-state index < -0.39 is 0 Å². The van der Waals surface area contributed by atoms with Crippen LogP contribution in [0.15, 0.2) is 0 Å². The monoisotopic (exact) mass is 250 g/mol. The molecule has 1 N–H and O–H groups in total. The number of carbonyl (C=O) groups excluding carboxylic acids is 1. The summed E-state index contributed by atoms with van der Waals surface area (Å²) in [6.07, 6.45) is 9.99. The van der Waals surface area contributed by atoms with Gasteiger partial charge in [-0.15, -0.1) is 0 Å². The average Bonchev–Trinajstić information content (AvgIpc) is 2.91. The van der Waals surface area contributed by atoms with Gasteiger partial charge in [0.25, 0.3) is 0 Å². The van der Waals surface area contributed by atoms with E-state index >= 15 is 0 Å². The van der Waals surface area contributed by atoms with Crippen LogP contribution in [0.1, 0.15) is 51.4 Å². The Kier molecular flexibility index (Phi) is 3.88. The lowest BCUT2D eigenvalue weighted by atomic mass is 9.75. The minimum absolute atomic E-state index is 0.401. The number of likely N-dealkylation sites (tertiary alicyclic amines) is 1. The highest BCUT2D eigenvalue weighted by Gasteiger charge is 2.33. The first-order valence-corrected chi connectivity index (χ1v) is 7.84. The number of carbonyl (C=O) groups is 1. The number of hydrogen-bond donors (Lipinski definition) is 1. The van der Waals surface area contributed by atoms with E-state index in [0.717, 1.165) is 37.9 Å². The third-order valence-electron chi connectivity index (χ3n) is 5.23. The lowest BCUT2D eigenvalue weighted by molar-refractivity contribution is -0.134. The molecule has 1 saturated carbocycles. The summed E-state index contributed by atoms with van der Waals surface area (Å²) in [6.45, 7) is 3.17. The molecule has 0 radical (unpaired) electrons. The topological polar surface area (TPSA) is 32.3 Å². The van der Waals surface area contributed by atoms with E-state index in [2.05, 4.69) is 10.2 Å². The van der Waals surface area contributed by atoms with Crippen molar-refractivity contribution < 1.29 is 4.79 Å². The van der Waals surface area contributed by atoms with Crippen LogP contribution >= 0.6 is 0 Å². The lowest BCUT2D eigenvalue weighted by Crippen LogP contribution is -2.46. The summed E-state index contributed by atoms with van der Waals surface area (Å²) in [4.78, 5) is 14.5. The summed E-state index contributed by atoms with van der Waals surface area (Å²) in [6, 6.07) is 0.460. The Bertz CT molecular complexity index is 299. The molecule has 0 spiro atoms. The van der Waals surface area contributed by atoms with E-state index in [1.54, 1.807) is 0 Å². The maximum Gasteiger partial charge on any atom is 0.224 e. The normalized spacial score (nSPS) is 36.4. The molecule has 2 aliphatic heterocycles. The molecule has 3 aliphatic rings. The zero-order valence-corrected chi connectivity index (χ0v) is 11.4. The van der Waals surface area contributed by atoms with Gasteiger partial charge in [0, 0.05) is 25.6 Å². The minimum atomic E-state index is 0.401. The fourth-order valence-corrected chi connectivity index (χ4v) is 4.10. The first kappa shape index (κ1) is 12.5. The fraction of sp³-hybridized carbons (Fsp3) is 0.933. The van der Waals surface area contributed by atoms with Crippen molar-refractivity contribution in [2.24, 2.45) is 11.8 Å². The van der Waals surface area contributed by atoms with Gasteiger partial charge in [-0.1, -0.05) is 19.3 Å². The maximum atomic E-state index is 12.3. The molecule has 1 amide bonds. The highest BCUT2D eigenvalue weighted by molar-refractivity contribution is 5.77. The van der Waals surface area contributed by atoms with Gasteiger partial charge < -0.3 is 10.2 Å². The zero-order chi connectivity index (χ0) is 12.4. The first-order chi connectivity index (χ1) is 8.83. The summed E-state index contributed by atoms with van der Waals surface area (Å²) >= 11 is 0. The quantitative estimate of drug-likeness (QED) is 0.814. The number of amides is 1. The molecular weight excluding hydrogens is 224 g/mol. The Balaban J connectivity index is 1.51. The number of nitrogens with one attached hydrogen (secondary N) is 1. The van der Waals surface area contributed by atoms with Crippen molar-refractivity contribution >= 4 is 5.91 Å². The molecule has 3 rings (SSSR count). The van der Waals surface area contributed by atoms with Gasteiger partial charge in [-0.2, -0.15) is 0 Å². The molecule has 0 aromatic rings. The molecule has 3 nitrogen and oxygen atoms in total. The first-order valence-electron chi connectivity index (χ1n) is 7.84. The number of fused-ring (bicyclic) bond motifs is 1. The van der Waals surface area contributed by atoms with Crippen molar-refractivity contribution in [2.45, 2.75) is 57.4 Å². The van der Waals surface area contributed by atoms with Crippen LogP contribution in [0.5, 0.6) is 0 Å². The van der Waals surface area contributed by atoms with Crippen LogP contribution in [0.4, 0.5) is 0 Å². The fourth-order valence-electron chi connectivity index (χ4n) is 4.10. The molecular formula is C15H26N2O. The Morgan fingerprint density at radius 3 is 2.67 bits per heavy atom. The van der Waals surface area contributed by atoms with E-state index in [1.807, 2.05) is 0 Å². The van der Waals surface area contributed by atoms with Gasteiger partial charge in [0.2, 0.25) is 5.91 Å². The Morgan fingerprint density at radius 2 is 1.89 bits per heavy atom. The number of piperidine rings is 1. The maximum absolute atomic E-state index is 12.3. The van der Waals surface area contributed by atoms with Gasteiger partial charge in [-0.25, -0.2) is 0 Å². The summed E-state index contributed by atoms with van der Waals surface area (Å²) < 4.78 is 0. The van der Waals surface area contributed by atoms with Crippen LogP contribution in [-0.2, 0) is 4.79 Å². The molecule has 0 aromatic carbocycles. The lowest BCUT2D eigenvalue weighted by Gasteiger charge is -2.41. The smallest absolute Gasteiger partial charge is 0.224 e. The second-order valence-electron chi connectivity index (χ2n) is 6.43. The Hall–Kier alpha value is -0.570. The summed E-state index contributed by atoms with van der Waals surface area (Å²) in [7, 11) is 0. The summed E-state index contributed by atoms with van der Waals surface area (Å²) in [5.74, 6) is 2.14. The van der Waals surface area contributed by atoms with Gasteiger partial charge in [0.05, 0.1) is 0 Å². The van der Waals surface area contributed by atoms with E-state index in [0.29, 0.717) is 11.9 Å². The molecule has 3 fully saturated rings. The summed E-state index contributed by atoms with van der Waals surface area (Å²) in [5, 5.41) is 3.44. The second kappa shape index (κ2) is 5.60. The van der Waals surface area contributed by atoms with Crippen LogP contribution in [0.25, 0.3) is 0 Å². The van der Waals surface area contributed by atoms with Gasteiger partial charge in [-0.3, -0.25) is 4.79 Å².